The van der Waals surface area contributed by atoms with Crippen LogP contribution in [0.5, 0.6) is 0 Å². The molecule has 2 unspecified atom stereocenters. The van der Waals surface area contributed by atoms with Crippen LogP contribution in [0.2, 0.25) is 0 Å². The first-order valence-electron chi connectivity index (χ1n) is 3.57. The van der Waals surface area contributed by atoms with Gasteiger partial charge in [0.2, 0.25) is 0 Å². The van der Waals surface area contributed by atoms with E-state index in [1.54, 1.807) is 0 Å². The maximum atomic E-state index is 9.88. The van der Waals surface area contributed by atoms with Gasteiger partial charge in [0.1, 0.15) is 0 Å². The van der Waals surface area contributed by atoms with Crippen molar-refractivity contribution >= 4 is 0 Å². The summed E-state index contributed by atoms with van der Waals surface area (Å²) in [6, 6.07) is 0. The first kappa shape index (κ1) is 10.3. The van der Waals surface area contributed by atoms with Crippen LogP contribution in [0.25, 0.3) is 0 Å². The molecule has 0 rings (SSSR count). The lowest BCUT2D eigenvalue weighted by atomic mass is 10.1. The Morgan fingerprint density at radius 2 is 2.09 bits per heavy atom. The number of nitrogens with zero attached hydrogens (tertiary/aromatic N) is 1. The second kappa shape index (κ2) is 5.03. The second-order valence-corrected chi connectivity index (χ2v) is 2.44. The van der Waals surface area contributed by atoms with E-state index in [1.165, 1.54) is 0 Å². The highest BCUT2D eigenvalue weighted by Crippen LogP contribution is 2.04. The van der Waals surface area contributed by atoms with Crippen molar-refractivity contribution in [1.29, 1.82) is 0 Å². The minimum Gasteiger partial charge on any atom is -0.393 e. The van der Waals surface area contributed by atoms with Crippen LogP contribution in [-0.2, 0) is 0 Å². The zero-order chi connectivity index (χ0) is 8.85. The molecule has 0 aromatic carbocycles. The van der Waals surface area contributed by atoms with Crippen molar-refractivity contribution in [1.82, 2.24) is 0 Å². The van der Waals surface area contributed by atoms with Crippen molar-refractivity contribution in [2.75, 3.05) is 0 Å². The summed E-state index contributed by atoms with van der Waals surface area (Å²) >= 11 is 0. The molecule has 0 heterocycles. The Balaban J connectivity index is 3.56. The molecule has 11 heavy (non-hydrogen) atoms. The highest BCUT2D eigenvalue weighted by atomic mass is 16.7. The molecule has 0 bridgehead atoms. The molecule has 0 spiro atoms. The van der Waals surface area contributed by atoms with Gasteiger partial charge in [-0.3, -0.25) is 10.1 Å². The third-order valence-corrected chi connectivity index (χ3v) is 1.35. The standard InChI is InChI=1S/C6H13NO4/c1-2-3-5(8)4-6(9)7(10)11/h5-6,8-9H,2-4H2,1H3. The monoisotopic (exact) mass is 163 g/mol. The molecule has 0 aromatic rings. The molecule has 0 saturated carbocycles. The van der Waals surface area contributed by atoms with Gasteiger partial charge in [-0.25, -0.2) is 0 Å². The zero-order valence-electron chi connectivity index (χ0n) is 6.43. The molecule has 0 saturated heterocycles. The SMILES string of the molecule is CCCC(O)CC(O)[N+](=O)[O-]. The minimum atomic E-state index is -1.63. The van der Waals surface area contributed by atoms with E-state index < -0.39 is 17.3 Å². The van der Waals surface area contributed by atoms with E-state index in [4.69, 9.17) is 10.2 Å². The average Bonchev–Trinajstić information content (AvgIpc) is 1.87. The van der Waals surface area contributed by atoms with E-state index in [9.17, 15) is 10.1 Å². The van der Waals surface area contributed by atoms with Gasteiger partial charge in [-0.1, -0.05) is 13.3 Å². The van der Waals surface area contributed by atoms with Gasteiger partial charge in [-0.15, -0.1) is 0 Å². The summed E-state index contributed by atoms with van der Waals surface area (Å²) in [7, 11) is 0. The summed E-state index contributed by atoms with van der Waals surface area (Å²) in [5, 5.41) is 27.6. The fraction of sp³-hybridized carbons (Fsp3) is 1.00. The second-order valence-electron chi connectivity index (χ2n) is 2.44. The van der Waals surface area contributed by atoms with Crippen LogP contribution in [0, 0.1) is 10.1 Å². The summed E-state index contributed by atoms with van der Waals surface area (Å²) in [4.78, 5) is 9.08. The van der Waals surface area contributed by atoms with E-state index in [0.717, 1.165) is 6.42 Å². The first-order chi connectivity index (χ1) is 5.07. The largest absolute Gasteiger partial charge is 0.393 e. The fourth-order valence-corrected chi connectivity index (χ4v) is 0.780. The molecule has 0 amide bonds. The number of aliphatic hydroxyl groups is 2. The lowest BCUT2D eigenvalue weighted by molar-refractivity contribution is -0.572. The van der Waals surface area contributed by atoms with Gasteiger partial charge < -0.3 is 10.2 Å². The number of hydrogen-bond acceptors (Lipinski definition) is 4. The predicted molar refractivity (Wildman–Crippen MR) is 38.5 cm³/mol. The average molecular weight is 163 g/mol. The van der Waals surface area contributed by atoms with Gasteiger partial charge >= 0.3 is 6.23 Å². The first-order valence-corrected chi connectivity index (χ1v) is 3.57. The molecular weight excluding hydrogens is 150 g/mol. The molecule has 5 heteroatoms. The maximum absolute atomic E-state index is 9.88. The smallest absolute Gasteiger partial charge is 0.315 e. The van der Waals surface area contributed by atoms with Crippen LogP contribution in [0.3, 0.4) is 0 Å². The minimum absolute atomic E-state index is 0.180. The van der Waals surface area contributed by atoms with E-state index in [1.807, 2.05) is 6.92 Å². The summed E-state index contributed by atoms with van der Waals surface area (Å²) in [5.74, 6) is 0. The Kier molecular flexibility index (Phi) is 4.72. The highest BCUT2D eigenvalue weighted by molar-refractivity contribution is 4.55. The summed E-state index contributed by atoms with van der Waals surface area (Å²) in [6.07, 6.45) is -1.32. The topological polar surface area (TPSA) is 83.6 Å². The van der Waals surface area contributed by atoms with Crippen molar-refractivity contribution < 1.29 is 15.1 Å². The number of nitro groups is 1. The van der Waals surface area contributed by atoms with Crippen molar-refractivity contribution in [2.45, 2.75) is 38.5 Å². The Hall–Kier alpha value is -0.680. The van der Waals surface area contributed by atoms with E-state index in [0.29, 0.717) is 6.42 Å². The summed E-state index contributed by atoms with van der Waals surface area (Å²) < 4.78 is 0. The summed E-state index contributed by atoms with van der Waals surface area (Å²) in [5.41, 5.74) is 0. The molecule has 0 fully saturated rings. The molecule has 66 valence electrons. The number of rotatable bonds is 5. The molecule has 0 radical (unpaired) electrons. The van der Waals surface area contributed by atoms with Crippen molar-refractivity contribution in [3.05, 3.63) is 10.1 Å². The lowest BCUT2D eigenvalue weighted by Crippen LogP contribution is -2.24. The van der Waals surface area contributed by atoms with E-state index in [-0.39, 0.29) is 6.42 Å². The quantitative estimate of drug-likeness (QED) is 0.343. The molecule has 2 N–H and O–H groups in total. The Morgan fingerprint density at radius 1 is 1.55 bits per heavy atom. The molecule has 0 aromatic heterocycles. The molecule has 2 atom stereocenters. The van der Waals surface area contributed by atoms with Crippen LogP contribution < -0.4 is 0 Å². The lowest BCUT2D eigenvalue weighted by Gasteiger charge is -2.08. The van der Waals surface area contributed by atoms with Crippen molar-refractivity contribution in [3.63, 3.8) is 0 Å². The van der Waals surface area contributed by atoms with Crippen LogP contribution >= 0.6 is 0 Å². The Labute approximate surface area is 64.8 Å². The van der Waals surface area contributed by atoms with Crippen molar-refractivity contribution in [3.8, 4) is 0 Å². The normalized spacial score (nSPS) is 15.9. The van der Waals surface area contributed by atoms with E-state index in [2.05, 4.69) is 0 Å². The van der Waals surface area contributed by atoms with Crippen molar-refractivity contribution in [2.24, 2.45) is 0 Å². The van der Waals surface area contributed by atoms with Gasteiger partial charge in [0.15, 0.2) is 0 Å². The van der Waals surface area contributed by atoms with Crippen LogP contribution in [-0.4, -0.2) is 27.5 Å². The van der Waals surface area contributed by atoms with Gasteiger partial charge in [0.25, 0.3) is 0 Å². The van der Waals surface area contributed by atoms with Gasteiger partial charge in [-0.05, 0) is 6.42 Å². The fourth-order valence-electron chi connectivity index (χ4n) is 0.780. The van der Waals surface area contributed by atoms with Gasteiger partial charge in [0.05, 0.1) is 17.4 Å². The third kappa shape index (κ3) is 4.69. The highest BCUT2D eigenvalue weighted by Gasteiger charge is 2.19. The van der Waals surface area contributed by atoms with Crippen LogP contribution in [0.15, 0.2) is 0 Å². The number of aliphatic hydroxyl groups excluding tert-OH is 2. The molecule has 0 aliphatic carbocycles. The maximum Gasteiger partial charge on any atom is 0.315 e. The van der Waals surface area contributed by atoms with Gasteiger partial charge in [0, 0.05) is 0 Å². The Morgan fingerprint density at radius 3 is 2.45 bits per heavy atom. The molecular formula is C6H13NO4. The molecule has 0 aliphatic heterocycles. The van der Waals surface area contributed by atoms with Crippen LogP contribution in [0.4, 0.5) is 0 Å². The number of hydrogen-bond donors (Lipinski definition) is 2. The molecule has 0 aliphatic rings. The van der Waals surface area contributed by atoms with Gasteiger partial charge in [-0.2, -0.15) is 0 Å². The zero-order valence-corrected chi connectivity index (χ0v) is 6.43. The predicted octanol–water partition coefficient (Wildman–Crippen LogP) is 0.133. The third-order valence-electron chi connectivity index (χ3n) is 1.35. The molecule has 5 nitrogen and oxygen atoms in total. The van der Waals surface area contributed by atoms with Crippen LogP contribution in [0.1, 0.15) is 26.2 Å². The summed E-state index contributed by atoms with van der Waals surface area (Å²) in [6.45, 7) is 1.86. The Bertz CT molecular complexity index is 128. The van der Waals surface area contributed by atoms with E-state index >= 15 is 0 Å².